The van der Waals surface area contributed by atoms with Crippen molar-refractivity contribution >= 4 is 5.96 Å². The molecular weight excluding hydrogens is 380 g/mol. The lowest BCUT2D eigenvalue weighted by molar-refractivity contribution is 0.245. The summed E-state index contributed by atoms with van der Waals surface area (Å²) >= 11 is 0. The van der Waals surface area contributed by atoms with E-state index in [1.807, 2.05) is 30.3 Å². The van der Waals surface area contributed by atoms with Crippen LogP contribution in [0.15, 0.2) is 47.5 Å². The molecule has 162 valence electrons. The summed E-state index contributed by atoms with van der Waals surface area (Å²) in [6.07, 6.45) is 2.45. The molecule has 1 atom stereocenters. The van der Waals surface area contributed by atoms with Gasteiger partial charge < -0.3 is 25.3 Å². The van der Waals surface area contributed by atoms with Gasteiger partial charge in [-0.25, -0.2) is 4.99 Å². The number of nitrogens with zero attached hydrogens (tertiary/aromatic N) is 2. The molecule has 0 bridgehead atoms. The fraction of sp³-hybridized carbons (Fsp3) is 0.435. The number of aliphatic imine (C=N–C) groups is 1. The first-order valence-electron chi connectivity index (χ1n) is 10.3. The molecule has 1 heterocycles. The van der Waals surface area contributed by atoms with Gasteiger partial charge in [-0.1, -0.05) is 18.2 Å². The van der Waals surface area contributed by atoms with E-state index < -0.39 is 0 Å². The van der Waals surface area contributed by atoms with Gasteiger partial charge >= 0.3 is 0 Å². The summed E-state index contributed by atoms with van der Waals surface area (Å²) in [4.78, 5) is 6.98. The molecule has 1 aliphatic rings. The SMILES string of the molecule is COc1cccc(C(CNC(N)=NCc2ccc(OC)c(OC)c2)N2CCCC2)c1. The zero-order chi connectivity index (χ0) is 21.3. The van der Waals surface area contributed by atoms with Crippen molar-refractivity contribution < 1.29 is 14.2 Å². The summed E-state index contributed by atoms with van der Waals surface area (Å²) in [5.74, 6) is 2.68. The number of benzene rings is 2. The Balaban J connectivity index is 1.65. The number of hydrogen-bond acceptors (Lipinski definition) is 5. The van der Waals surface area contributed by atoms with Crippen molar-refractivity contribution in [1.29, 1.82) is 0 Å². The molecule has 2 aromatic carbocycles. The van der Waals surface area contributed by atoms with E-state index in [0.29, 0.717) is 30.5 Å². The molecule has 0 aliphatic carbocycles. The Hall–Kier alpha value is -2.93. The minimum absolute atomic E-state index is 0.220. The molecule has 30 heavy (non-hydrogen) atoms. The third-order valence-corrected chi connectivity index (χ3v) is 5.42. The van der Waals surface area contributed by atoms with Crippen LogP contribution in [-0.2, 0) is 6.54 Å². The monoisotopic (exact) mass is 412 g/mol. The van der Waals surface area contributed by atoms with Crippen LogP contribution in [0.2, 0.25) is 0 Å². The Morgan fingerprint density at radius 1 is 1.03 bits per heavy atom. The van der Waals surface area contributed by atoms with Crippen LogP contribution in [0.4, 0.5) is 0 Å². The molecule has 0 aromatic heterocycles. The normalized spacial score (nSPS) is 15.6. The van der Waals surface area contributed by atoms with E-state index >= 15 is 0 Å². The van der Waals surface area contributed by atoms with Crippen LogP contribution in [-0.4, -0.2) is 51.8 Å². The van der Waals surface area contributed by atoms with Gasteiger partial charge in [-0.2, -0.15) is 0 Å². The highest BCUT2D eigenvalue weighted by Gasteiger charge is 2.23. The van der Waals surface area contributed by atoms with Crippen molar-refractivity contribution in [1.82, 2.24) is 10.2 Å². The minimum atomic E-state index is 0.220. The molecule has 0 radical (unpaired) electrons. The lowest BCUT2D eigenvalue weighted by atomic mass is 10.1. The molecule has 7 nitrogen and oxygen atoms in total. The first-order valence-corrected chi connectivity index (χ1v) is 10.3. The average Bonchev–Trinajstić information content (AvgIpc) is 3.32. The number of hydrogen-bond donors (Lipinski definition) is 2. The molecule has 1 unspecified atom stereocenters. The molecule has 2 aromatic rings. The fourth-order valence-electron chi connectivity index (χ4n) is 3.77. The Labute approximate surface area is 178 Å². The van der Waals surface area contributed by atoms with E-state index in [-0.39, 0.29) is 6.04 Å². The summed E-state index contributed by atoms with van der Waals surface area (Å²) in [5, 5.41) is 3.31. The van der Waals surface area contributed by atoms with Crippen molar-refractivity contribution in [3.05, 3.63) is 53.6 Å². The van der Waals surface area contributed by atoms with Gasteiger partial charge in [-0.05, 0) is 61.3 Å². The van der Waals surface area contributed by atoms with E-state index in [9.17, 15) is 0 Å². The van der Waals surface area contributed by atoms with Crippen molar-refractivity contribution in [2.45, 2.75) is 25.4 Å². The van der Waals surface area contributed by atoms with E-state index in [1.165, 1.54) is 18.4 Å². The molecule has 3 rings (SSSR count). The second-order valence-electron chi connectivity index (χ2n) is 7.31. The predicted octanol–water partition coefficient (Wildman–Crippen LogP) is 2.95. The number of likely N-dealkylation sites (tertiary alicyclic amines) is 1. The lowest BCUT2D eigenvalue weighted by Crippen LogP contribution is -2.40. The molecule has 0 amide bonds. The van der Waals surface area contributed by atoms with Gasteiger partial charge in [0.1, 0.15) is 5.75 Å². The third kappa shape index (κ3) is 5.57. The number of rotatable bonds is 9. The zero-order valence-electron chi connectivity index (χ0n) is 18.1. The van der Waals surface area contributed by atoms with Crippen LogP contribution >= 0.6 is 0 Å². The quantitative estimate of drug-likeness (QED) is 0.487. The zero-order valence-corrected chi connectivity index (χ0v) is 18.1. The average molecular weight is 413 g/mol. The van der Waals surface area contributed by atoms with Crippen molar-refractivity contribution in [2.75, 3.05) is 41.0 Å². The van der Waals surface area contributed by atoms with Crippen LogP contribution in [0.5, 0.6) is 17.2 Å². The standard InChI is InChI=1S/C23H32N4O3/c1-28-19-8-6-7-18(14-19)20(27-11-4-5-12-27)16-26-23(24)25-15-17-9-10-21(29-2)22(13-17)30-3/h6-10,13-14,20H,4-5,11-12,15-16H2,1-3H3,(H3,24,25,26). The van der Waals surface area contributed by atoms with E-state index in [1.54, 1.807) is 21.3 Å². The smallest absolute Gasteiger partial charge is 0.188 e. The van der Waals surface area contributed by atoms with Gasteiger partial charge in [0, 0.05) is 6.54 Å². The molecule has 0 spiro atoms. The van der Waals surface area contributed by atoms with Gasteiger partial charge in [0.05, 0.1) is 33.9 Å². The van der Waals surface area contributed by atoms with Gasteiger partial charge in [-0.3, -0.25) is 4.90 Å². The predicted molar refractivity (Wildman–Crippen MR) is 119 cm³/mol. The maximum atomic E-state index is 6.17. The lowest BCUT2D eigenvalue weighted by Gasteiger charge is -2.28. The Kier molecular flexibility index (Phi) is 7.79. The van der Waals surface area contributed by atoms with Crippen molar-refractivity contribution in [2.24, 2.45) is 10.7 Å². The molecule has 1 aliphatic heterocycles. The minimum Gasteiger partial charge on any atom is -0.497 e. The van der Waals surface area contributed by atoms with Crippen LogP contribution in [0.3, 0.4) is 0 Å². The number of methoxy groups -OCH3 is 3. The molecule has 0 saturated carbocycles. The summed E-state index contributed by atoms with van der Waals surface area (Å²) in [7, 11) is 4.94. The van der Waals surface area contributed by atoms with E-state index in [4.69, 9.17) is 19.9 Å². The molecule has 1 saturated heterocycles. The van der Waals surface area contributed by atoms with E-state index in [2.05, 4.69) is 27.3 Å². The third-order valence-electron chi connectivity index (χ3n) is 5.42. The Bertz CT molecular complexity index is 850. The number of guanidine groups is 1. The second kappa shape index (κ2) is 10.7. The highest BCUT2D eigenvalue weighted by molar-refractivity contribution is 5.77. The van der Waals surface area contributed by atoms with E-state index in [0.717, 1.165) is 24.4 Å². The molecule has 7 heteroatoms. The number of ether oxygens (including phenoxy) is 3. The highest BCUT2D eigenvalue weighted by Crippen LogP contribution is 2.28. The van der Waals surface area contributed by atoms with Crippen LogP contribution < -0.4 is 25.3 Å². The van der Waals surface area contributed by atoms with Gasteiger partial charge in [0.15, 0.2) is 17.5 Å². The maximum Gasteiger partial charge on any atom is 0.188 e. The van der Waals surface area contributed by atoms with Gasteiger partial charge in [0.2, 0.25) is 0 Å². The Morgan fingerprint density at radius 2 is 1.80 bits per heavy atom. The summed E-state index contributed by atoms with van der Waals surface area (Å²) in [5.41, 5.74) is 8.39. The highest BCUT2D eigenvalue weighted by atomic mass is 16.5. The number of nitrogens with two attached hydrogens (primary N) is 1. The first-order chi connectivity index (χ1) is 14.6. The van der Waals surface area contributed by atoms with Crippen LogP contribution in [0.1, 0.15) is 30.0 Å². The van der Waals surface area contributed by atoms with Crippen LogP contribution in [0.25, 0.3) is 0 Å². The van der Waals surface area contributed by atoms with Gasteiger partial charge in [-0.15, -0.1) is 0 Å². The molecule has 3 N–H and O–H groups in total. The fourth-order valence-corrected chi connectivity index (χ4v) is 3.77. The largest absolute Gasteiger partial charge is 0.497 e. The first kappa shape index (κ1) is 21.8. The van der Waals surface area contributed by atoms with Crippen molar-refractivity contribution in [3.63, 3.8) is 0 Å². The maximum absolute atomic E-state index is 6.17. The summed E-state index contributed by atoms with van der Waals surface area (Å²) < 4.78 is 16.0. The van der Waals surface area contributed by atoms with Crippen molar-refractivity contribution in [3.8, 4) is 17.2 Å². The topological polar surface area (TPSA) is 81.3 Å². The van der Waals surface area contributed by atoms with Crippen LogP contribution in [0, 0.1) is 0 Å². The van der Waals surface area contributed by atoms with Gasteiger partial charge in [0.25, 0.3) is 0 Å². The molecule has 1 fully saturated rings. The number of nitrogens with one attached hydrogen (secondary N) is 1. The Morgan fingerprint density at radius 3 is 2.50 bits per heavy atom. The molecular formula is C23H32N4O3. The summed E-state index contributed by atoms with van der Waals surface area (Å²) in [6, 6.07) is 14.2. The summed E-state index contributed by atoms with van der Waals surface area (Å²) in [6.45, 7) is 3.33. The second-order valence-corrected chi connectivity index (χ2v) is 7.31.